The lowest BCUT2D eigenvalue weighted by atomic mass is 10.1. The lowest BCUT2D eigenvalue weighted by Crippen LogP contribution is -2.00. The van der Waals surface area contributed by atoms with Crippen molar-refractivity contribution >= 4 is 41.0 Å². The van der Waals surface area contributed by atoms with Gasteiger partial charge in [-0.3, -0.25) is 0 Å². The second-order valence-electron chi connectivity index (χ2n) is 4.71. The van der Waals surface area contributed by atoms with E-state index in [1.807, 2.05) is 12.1 Å². The lowest BCUT2D eigenvalue weighted by molar-refractivity contribution is 0.321. The van der Waals surface area contributed by atoms with Gasteiger partial charge in [-0.15, -0.1) is 0 Å². The topological polar surface area (TPSA) is 50.4 Å². The van der Waals surface area contributed by atoms with E-state index < -0.39 is 0 Å². The van der Waals surface area contributed by atoms with Gasteiger partial charge in [0.2, 0.25) is 0 Å². The van der Waals surface area contributed by atoms with Crippen molar-refractivity contribution in [3.8, 4) is 16.9 Å². The van der Waals surface area contributed by atoms with Gasteiger partial charge in [-0.2, -0.15) is 5.10 Å². The smallest absolute Gasteiger partial charge is 0.108 e. The molecular formula is C16H10Cl3N3O. The molecular weight excluding hydrogens is 357 g/mol. The standard InChI is InChI=1S/C16H10Cl3N3O/c17-11-3-1-10(2-4-11)16-8-13(9-20-23)21-22(16)15-6-5-12(18)7-14(15)19/h1-9,23H/b20-9+. The molecule has 0 saturated carbocycles. The Balaban J connectivity index is 2.20. The molecule has 0 radical (unpaired) electrons. The summed E-state index contributed by atoms with van der Waals surface area (Å²) in [7, 11) is 0. The van der Waals surface area contributed by atoms with Gasteiger partial charge in [0.05, 0.1) is 22.6 Å². The molecule has 0 aliphatic heterocycles. The number of rotatable bonds is 3. The minimum Gasteiger partial charge on any atom is -0.411 e. The van der Waals surface area contributed by atoms with Gasteiger partial charge in [-0.25, -0.2) is 4.68 Å². The highest BCUT2D eigenvalue weighted by molar-refractivity contribution is 6.35. The van der Waals surface area contributed by atoms with Crippen molar-refractivity contribution in [1.29, 1.82) is 0 Å². The van der Waals surface area contributed by atoms with Crippen LogP contribution < -0.4 is 0 Å². The molecule has 116 valence electrons. The van der Waals surface area contributed by atoms with Crippen molar-refractivity contribution in [2.45, 2.75) is 0 Å². The third kappa shape index (κ3) is 3.34. The average Bonchev–Trinajstić information content (AvgIpc) is 2.92. The highest BCUT2D eigenvalue weighted by Gasteiger charge is 2.14. The largest absolute Gasteiger partial charge is 0.411 e. The number of hydrogen-bond acceptors (Lipinski definition) is 3. The zero-order chi connectivity index (χ0) is 16.4. The molecule has 7 heteroatoms. The molecule has 1 aromatic heterocycles. The molecule has 0 atom stereocenters. The summed E-state index contributed by atoms with van der Waals surface area (Å²) in [6, 6.07) is 14.3. The number of halogens is 3. The lowest BCUT2D eigenvalue weighted by Gasteiger charge is -2.09. The highest BCUT2D eigenvalue weighted by atomic mass is 35.5. The van der Waals surface area contributed by atoms with Crippen LogP contribution in [0.25, 0.3) is 16.9 Å². The number of aromatic nitrogens is 2. The summed E-state index contributed by atoms with van der Waals surface area (Å²) in [5.74, 6) is 0. The van der Waals surface area contributed by atoms with Crippen LogP contribution in [0.3, 0.4) is 0 Å². The van der Waals surface area contributed by atoms with Gasteiger partial charge in [0.25, 0.3) is 0 Å². The summed E-state index contributed by atoms with van der Waals surface area (Å²) < 4.78 is 1.67. The molecule has 1 N–H and O–H groups in total. The summed E-state index contributed by atoms with van der Waals surface area (Å²) in [6.45, 7) is 0. The first kappa shape index (κ1) is 15.9. The summed E-state index contributed by atoms with van der Waals surface area (Å²) in [4.78, 5) is 0. The fraction of sp³-hybridized carbons (Fsp3) is 0. The van der Waals surface area contributed by atoms with Gasteiger partial charge in [0.15, 0.2) is 0 Å². The van der Waals surface area contributed by atoms with Gasteiger partial charge < -0.3 is 5.21 Å². The van der Waals surface area contributed by atoms with Crippen LogP contribution in [0.4, 0.5) is 0 Å². The fourth-order valence-corrected chi connectivity index (χ4v) is 2.80. The summed E-state index contributed by atoms with van der Waals surface area (Å²) >= 11 is 18.2. The summed E-state index contributed by atoms with van der Waals surface area (Å²) in [5.41, 5.74) is 2.83. The van der Waals surface area contributed by atoms with Gasteiger partial charge in [0.1, 0.15) is 5.69 Å². The molecule has 0 bridgehead atoms. The van der Waals surface area contributed by atoms with Crippen molar-refractivity contribution in [2.24, 2.45) is 5.16 Å². The summed E-state index contributed by atoms with van der Waals surface area (Å²) in [6.07, 6.45) is 1.25. The molecule has 0 fully saturated rings. The number of benzene rings is 2. The number of nitrogens with zero attached hydrogens (tertiary/aromatic N) is 3. The number of oxime groups is 1. The molecule has 3 rings (SSSR count). The maximum absolute atomic E-state index is 8.75. The Labute approximate surface area is 147 Å². The molecule has 3 aromatic rings. The van der Waals surface area contributed by atoms with Gasteiger partial charge in [0, 0.05) is 15.6 Å². The average molecular weight is 367 g/mol. The van der Waals surface area contributed by atoms with E-state index in [0.29, 0.717) is 26.4 Å². The van der Waals surface area contributed by atoms with E-state index in [-0.39, 0.29) is 0 Å². The predicted octanol–water partition coefficient (Wildman–Crippen LogP) is 5.31. The van der Waals surface area contributed by atoms with Crippen molar-refractivity contribution < 1.29 is 5.21 Å². The van der Waals surface area contributed by atoms with E-state index in [9.17, 15) is 0 Å². The SMILES string of the molecule is O/N=C/c1cc(-c2ccc(Cl)cc2)n(-c2ccc(Cl)cc2Cl)n1. The minimum atomic E-state index is 0.461. The predicted molar refractivity (Wildman–Crippen MR) is 93.4 cm³/mol. The first-order valence-corrected chi connectivity index (χ1v) is 7.71. The molecule has 1 heterocycles. The van der Waals surface area contributed by atoms with E-state index in [1.165, 1.54) is 6.21 Å². The van der Waals surface area contributed by atoms with Crippen LogP contribution in [0.15, 0.2) is 53.7 Å². The van der Waals surface area contributed by atoms with Crippen LogP contribution in [-0.2, 0) is 0 Å². The zero-order valence-electron chi connectivity index (χ0n) is 11.6. The van der Waals surface area contributed by atoms with Crippen LogP contribution in [0.1, 0.15) is 5.69 Å². The summed E-state index contributed by atoms with van der Waals surface area (Å²) in [5, 5.41) is 17.8. The Morgan fingerprint density at radius 2 is 1.65 bits per heavy atom. The van der Waals surface area contributed by atoms with Crippen LogP contribution >= 0.6 is 34.8 Å². The van der Waals surface area contributed by atoms with E-state index in [2.05, 4.69) is 10.3 Å². The maximum Gasteiger partial charge on any atom is 0.108 e. The first-order chi connectivity index (χ1) is 11.1. The zero-order valence-corrected chi connectivity index (χ0v) is 13.9. The van der Waals surface area contributed by atoms with E-state index >= 15 is 0 Å². The third-order valence-electron chi connectivity index (χ3n) is 3.20. The van der Waals surface area contributed by atoms with Gasteiger partial charge in [-0.1, -0.05) is 52.1 Å². The van der Waals surface area contributed by atoms with Crippen LogP contribution in [0.5, 0.6) is 0 Å². The molecule has 0 amide bonds. The number of hydrogen-bond donors (Lipinski definition) is 1. The minimum absolute atomic E-state index is 0.461. The van der Waals surface area contributed by atoms with Crippen LogP contribution in [0.2, 0.25) is 15.1 Å². The van der Waals surface area contributed by atoms with Crippen LogP contribution in [0, 0.1) is 0 Å². The van der Waals surface area contributed by atoms with Crippen molar-refractivity contribution in [3.05, 3.63) is 69.3 Å². The third-order valence-corrected chi connectivity index (χ3v) is 3.99. The van der Waals surface area contributed by atoms with Crippen molar-refractivity contribution in [1.82, 2.24) is 9.78 Å². The van der Waals surface area contributed by atoms with E-state index in [1.54, 1.807) is 41.1 Å². The Hall–Kier alpha value is -2.01. The van der Waals surface area contributed by atoms with Crippen LogP contribution in [-0.4, -0.2) is 21.2 Å². The monoisotopic (exact) mass is 365 g/mol. The molecule has 2 aromatic carbocycles. The first-order valence-electron chi connectivity index (χ1n) is 6.57. The second kappa shape index (κ2) is 6.62. The molecule has 0 saturated heterocycles. The Morgan fingerprint density at radius 1 is 0.957 bits per heavy atom. The molecule has 0 aliphatic carbocycles. The fourth-order valence-electron chi connectivity index (χ4n) is 2.18. The Bertz CT molecular complexity index is 873. The van der Waals surface area contributed by atoms with Gasteiger partial charge >= 0.3 is 0 Å². The maximum atomic E-state index is 8.75. The van der Waals surface area contributed by atoms with Crippen molar-refractivity contribution in [2.75, 3.05) is 0 Å². The second-order valence-corrected chi connectivity index (χ2v) is 5.99. The van der Waals surface area contributed by atoms with Crippen molar-refractivity contribution in [3.63, 3.8) is 0 Å². The quantitative estimate of drug-likeness (QED) is 0.388. The Morgan fingerprint density at radius 3 is 2.30 bits per heavy atom. The normalized spacial score (nSPS) is 11.3. The van der Waals surface area contributed by atoms with E-state index in [4.69, 9.17) is 40.0 Å². The molecule has 0 aliphatic rings. The molecule has 0 unspecified atom stereocenters. The van der Waals surface area contributed by atoms with Gasteiger partial charge in [-0.05, 0) is 36.4 Å². The Kier molecular flexibility index (Phi) is 4.57. The highest BCUT2D eigenvalue weighted by Crippen LogP contribution is 2.30. The van der Waals surface area contributed by atoms with E-state index in [0.717, 1.165) is 11.3 Å². The molecule has 0 spiro atoms. The molecule has 4 nitrogen and oxygen atoms in total. The molecule has 23 heavy (non-hydrogen) atoms.